The van der Waals surface area contributed by atoms with Gasteiger partial charge in [-0.05, 0) is 58.6 Å². The highest BCUT2D eigenvalue weighted by molar-refractivity contribution is 6.99. The van der Waals surface area contributed by atoms with E-state index in [4.69, 9.17) is 4.43 Å². The summed E-state index contributed by atoms with van der Waals surface area (Å²) in [5, 5.41) is 2.52. The molecule has 4 nitrogen and oxygen atoms in total. The Balaban J connectivity index is 1.31. The van der Waals surface area contributed by atoms with Crippen molar-refractivity contribution in [2.75, 3.05) is 0 Å². The van der Waals surface area contributed by atoms with Crippen molar-refractivity contribution in [2.24, 2.45) is 11.8 Å². The van der Waals surface area contributed by atoms with E-state index in [1.54, 1.807) is 17.0 Å². The monoisotopic (exact) mass is 495 g/mol. The molecule has 2 amide bonds. The number of hydrogen-bond donors (Lipinski definition) is 0. The van der Waals surface area contributed by atoms with Crippen LogP contribution in [0.5, 0.6) is 0 Å². The van der Waals surface area contributed by atoms with Crippen LogP contribution in [0.2, 0.25) is 5.04 Å². The number of imide groups is 1. The van der Waals surface area contributed by atoms with Gasteiger partial charge in [0.1, 0.15) is 0 Å². The Hall–Kier alpha value is -3.02. The largest absolute Gasteiger partial charge is 0.404 e. The zero-order valence-corrected chi connectivity index (χ0v) is 22.2. The van der Waals surface area contributed by atoms with Crippen LogP contribution in [-0.4, -0.2) is 37.2 Å². The van der Waals surface area contributed by atoms with Crippen LogP contribution in [0.3, 0.4) is 0 Å². The zero-order chi connectivity index (χ0) is 25.1. The second kappa shape index (κ2) is 8.53. The number of amides is 2. The van der Waals surface area contributed by atoms with Crippen LogP contribution >= 0.6 is 0 Å². The first-order chi connectivity index (χ1) is 17.3. The predicted molar refractivity (Wildman–Crippen MR) is 144 cm³/mol. The molecule has 1 heterocycles. The standard InChI is InChI=1S/C31H33NO3Si/c1-31(2,3)36(23-12-6-4-7-13-23,24-14-8-5-9-15-24)35-28-20-21-18-22(28)19-27(21)32-29(33)25-16-10-11-17-26(25)30(32)34/h4-17,21-22,27-28H,18-20H2,1-3H3/t21-,22+,27+,28+/m1/s1. The molecule has 3 aromatic carbocycles. The number of fused-ring (bicyclic) bond motifs is 3. The van der Waals surface area contributed by atoms with Gasteiger partial charge >= 0.3 is 0 Å². The summed E-state index contributed by atoms with van der Waals surface area (Å²) in [4.78, 5) is 27.9. The third kappa shape index (κ3) is 3.44. The number of carbonyl (C=O) groups excluding carboxylic acids is 2. The maximum Gasteiger partial charge on any atom is 0.261 e. The van der Waals surface area contributed by atoms with Crippen LogP contribution in [0, 0.1) is 11.8 Å². The van der Waals surface area contributed by atoms with E-state index in [0.29, 0.717) is 23.0 Å². The lowest BCUT2D eigenvalue weighted by molar-refractivity contribution is 0.0444. The Labute approximate surface area is 214 Å². The van der Waals surface area contributed by atoms with Crippen molar-refractivity contribution in [3.05, 3.63) is 96.1 Å². The van der Waals surface area contributed by atoms with Gasteiger partial charge in [0.15, 0.2) is 0 Å². The van der Waals surface area contributed by atoms with E-state index in [2.05, 4.69) is 81.4 Å². The molecular formula is C31H33NO3Si. The molecule has 0 spiro atoms. The molecule has 0 radical (unpaired) electrons. The van der Waals surface area contributed by atoms with Gasteiger partial charge in [0, 0.05) is 12.1 Å². The molecule has 0 aromatic heterocycles. The van der Waals surface area contributed by atoms with Crippen molar-refractivity contribution < 1.29 is 14.0 Å². The molecule has 184 valence electrons. The van der Waals surface area contributed by atoms with Crippen LogP contribution in [0.15, 0.2) is 84.9 Å². The van der Waals surface area contributed by atoms with Gasteiger partial charge in [-0.1, -0.05) is 93.6 Å². The fourth-order valence-electron chi connectivity index (χ4n) is 7.08. The van der Waals surface area contributed by atoms with Crippen LogP contribution in [0.25, 0.3) is 0 Å². The number of nitrogens with zero attached hydrogens (tertiary/aromatic N) is 1. The highest BCUT2D eigenvalue weighted by atomic mass is 28.4. The van der Waals surface area contributed by atoms with Gasteiger partial charge in [-0.15, -0.1) is 0 Å². The fourth-order valence-corrected chi connectivity index (χ4v) is 11.8. The van der Waals surface area contributed by atoms with Gasteiger partial charge in [0.2, 0.25) is 0 Å². The Morgan fingerprint density at radius 2 is 1.19 bits per heavy atom. The van der Waals surface area contributed by atoms with Gasteiger partial charge in [-0.3, -0.25) is 14.5 Å². The molecule has 2 bridgehead atoms. The normalized spacial score (nSPS) is 25.5. The van der Waals surface area contributed by atoms with Crippen molar-refractivity contribution in [1.82, 2.24) is 4.90 Å². The van der Waals surface area contributed by atoms with E-state index in [1.165, 1.54) is 10.4 Å². The minimum absolute atomic E-state index is 0.0265. The Kier molecular flexibility index (Phi) is 5.54. The second-order valence-electron chi connectivity index (χ2n) is 11.6. The highest BCUT2D eigenvalue weighted by Gasteiger charge is 2.57. The molecule has 4 atom stereocenters. The first-order valence-corrected chi connectivity index (χ1v) is 15.0. The molecule has 3 aliphatic rings. The number of rotatable bonds is 5. The topological polar surface area (TPSA) is 46.6 Å². The van der Waals surface area contributed by atoms with Gasteiger partial charge in [-0.25, -0.2) is 0 Å². The lowest BCUT2D eigenvalue weighted by Gasteiger charge is -2.46. The van der Waals surface area contributed by atoms with Gasteiger partial charge in [0.25, 0.3) is 20.1 Å². The zero-order valence-electron chi connectivity index (χ0n) is 21.2. The average molecular weight is 496 g/mol. The summed E-state index contributed by atoms with van der Waals surface area (Å²) in [6.45, 7) is 6.94. The number of benzene rings is 3. The molecule has 2 aliphatic carbocycles. The summed E-state index contributed by atoms with van der Waals surface area (Å²) in [7, 11) is -2.63. The minimum atomic E-state index is -2.63. The summed E-state index contributed by atoms with van der Waals surface area (Å²) in [6.07, 6.45) is 2.88. The fraction of sp³-hybridized carbons (Fsp3) is 0.355. The lowest BCUT2D eigenvalue weighted by Crippen LogP contribution is -2.68. The maximum atomic E-state index is 13.2. The molecule has 36 heavy (non-hydrogen) atoms. The molecule has 1 aliphatic heterocycles. The van der Waals surface area contributed by atoms with E-state index in [9.17, 15) is 9.59 Å². The Morgan fingerprint density at radius 3 is 1.64 bits per heavy atom. The second-order valence-corrected chi connectivity index (χ2v) is 15.9. The first-order valence-electron chi connectivity index (χ1n) is 13.1. The van der Waals surface area contributed by atoms with Gasteiger partial charge in [0.05, 0.1) is 11.1 Å². The summed E-state index contributed by atoms with van der Waals surface area (Å²) >= 11 is 0. The van der Waals surface area contributed by atoms with Crippen molar-refractivity contribution in [3.8, 4) is 0 Å². The van der Waals surface area contributed by atoms with Crippen molar-refractivity contribution in [3.63, 3.8) is 0 Å². The van der Waals surface area contributed by atoms with Crippen LogP contribution in [0.4, 0.5) is 0 Å². The van der Waals surface area contributed by atoms with E-state index in [0.717, 1.165) is 19.3 Å². The van der Waals surface area contributed by atoms with Crippen LogP contribution in [-0.2, 0) is 4.43 Å². The molecule has 3 aromatic rings. The molecule has 2 fully saturated rings. The van der Waals surface area contributed by atoms with Gasteiger partial charge < -0.3 is 4.43 Å². The van der Waals surface area contributed by atoms with E-state index >= 15 is 0 Å². The lowest BCUT2D eigenvalue weighted by atomic mass is 9.92. The molecule has 0 unspecified atom stereocenters. The van der Waals surface area contributed by atoms with Crippen molar-refractivity contribution in [2.45, 2.75) is 57.2 Å². The average Bonchev–Trinajstić information content (AvgIpc) is 3.54. The summed E-state index contributed by atoms with van der Waals surface area (Å²) in [6, 6.07) is 28.8. The van der Waals surface area contributed by atoms with E-state index in [1.807, 2.05) is 12.1 Å². The molecule has 5 heteroatoms. The highest BCUT2D eigenvalue weighted by Crippen LogP contribution is 2.51. The molecule has 0 N–H and O–H groups in total. The van der Waals surface area contributed by atoms with Crippen molar-refractivity contribution >= 4 is 30.5 Å². The van der Waals surface area contributed by atoms with E-state index < -0.39 is 8.32 Å². The number of carbonyl (C=O) groups is 2. The first kappa shape index (κ1) is 23.4. The third-order valence-corrected chi connectivity index (χ3v) is 13.7. The summed E-state index contributed by atoms with van der Waals surface area (Å²) < 4.78 is 7.45. The maximum absolute atomic E-state index is 13.2. The third-order valence-electron chi connectivity index (χ3n) is 8.66. The summed E-state index contributed by atoms with van der Waals surface area (Å²) in [5.74, 6) is 0.390. The molecular weight excluding hydrogens is 462 g/mol. The smallest absolute Gasteiger partial charge is 0.261 e. The Morgan fingerprint density at radius 1 is 0.694 bits per heavy atom. The Bertz CT molecular complexity index is 1230. The SMILES string of the molecule is CC(C)(C)[Si](O[C@H]1C[C@H]2C[C@H]1C[C@@H]2N1C(=O)c2ccccc2C1=O)(c1ccccc1)c1ccccc1. The predicted octanol–water partition coefficient (Wildman–Crippen LogP) is 5.03. The van der Waals surface area contributed by atoms with E-state index in [-0.39, 0.29) is 29.0 Å². The van der Waals surface area contributed by atoms with Crippen LogP contribution < -0.4 is 10.4 Å². The summed E-state index contributed by atoms with van der Waals surface area (Å²) in [5.41, 5.74) is 1.09. The minimum Gasteiger partial charge on any atom is -0.404 e. The van der Waals surface area contributed by atoms with Gasteiger partial charge in [-0.2, -0.15) is 0 Å². The quantitative estimate of drug-likeness (QED) is 0.369. The van der Waals surface area contributed by atoms with Crippen LogP contribution in [0.1, 0.15) is 60.7 Å². The molecule has 0 saturated heterocycles. The molecule has 2 saturated carbocycles. The number of hydrogen-bond acceptors (Lipinski definition) is 3. The van der Waals surface area contributed by atoms with Crippen molar-refractivity contribution in [1.29, 1.82) is 0 Å². The molecule has 6 rings (SSSR count).